The maximum atomic E-state index is 5.56. The molecule has 0 fully saturated rings. The van der Waals surface area contributed by atoms with Crippen LogP contribution in [0.15, 0.2) is 0 Å². The van der Waals surface area contributed by atoms with Crippen LogP contribution in [0, 0.1) is 0 Å². The molecule has 0 N–H and O–H groups in total. The van der Waals surface area contributed by atoms with Crippen LogP contribution in [0.4, 0.5) is 0 Å². The second kappa shape index (κ2) is 10.4. The van der Waals surface area contributed by atoms with Gasteiger partial charge in [-0.15, -0.1) is 0 Å². The number of nitrogens with zero attached hydrogens (tertiary/aromatic N) is 2. The molecule has 0 radical (unpaired) electrons. The van der Waals surface area contributed by atoms with Crippen molar-refractivity contribution in [3.63, 3.8) is 0 Å². The van der Waals surface area contributed by atoms with Crippen LogP contribution in [-0.4, -0.2) is 64.3 Å². The first-order valence-electron chi connectivity index (χ1n) is 6.00. The van der Waals surface area contributed by atoms with E-state index in [2.05, 4.69) is 38.0 Å². The molecule has 3 nitrogen and oxygen atoms in total. The van der Waals surface area contributed by atoms with Gasteiger partial charge in [-0.05, 0) is 67.0 Å². The van der Waals surface area contributed by atoms with Gasteiger partial charge in [-0.1, -0.05) is 0 Å². The predicted molar refractivity (Wildman–Crippen MR) is 66.4 cm³/mol. The van der Waals surface area contributed by atoms with Crippen molar-refractivity contribution in [2.24, 2.45) is 0 Å². The molecule has 0 saturated carbocycles. The highest BCUT2D eigenvalue weighted by Gasteiger charge is 1.93. The highest BCUT2D eigenvalue weighted by Crippen LogP contribution is 1.95. The molecule has 0 aliphatic heterocycles. The number of unbranched alkanes of at least 4 members (excludes halogenated alkanes) is 2. The van der Waals surface area contributed by atoms with Crippen molar-refractivity contribution in [1.82, 2.24) is 9.80 Å². The molecule has 0 heterocycles. The van der Waals surface area contributed by atoms with Crippen LogP contribution in [-0.2, 0) is 4.74 Å². The molecule has 0 unspecified atom stereocenters. The van der Waals surface area contributed by atoms with E-state index >= 15 is 0 Å². The van der Waals surface area contributed by atoms with Gasteiger partial charge < -0.3 is 14.5 Å². The van der Waals surface area contributed by atoms with Crippen molar-refractivity contribution in [3.05, 3.63) is 0 Å². The number of hydrogen-bond acceptors (Lipinski definition) is 3. The lowest BCUT2D eigenvalue weighted by molar-refractivity contribution is 0.123. The van der Waals surface area contributed by atoms with Gasteiger partial charge in [0.25, 0.3) is 0 Å². The minimum absolute atomic E-state index is 0.926. The molecule has 0 bridgehead atoms. The highest BCUT2D eigenvalue weighted by atomic mass is 16.5. The van der Waals surface area contributed by atoms with Crippen molar-refractivity contribution in [1.29, 1.82) is 0 Å². The number of hydrogen-bond donors (Lipinski definition) is 0. The lowest BCUT2D eigenvalue weighted by Crippen LogP contribution is -2.14. The van der Waals surface area contributed by atoms with Crippen LogP contribution in [0.25, 0.3) is 0 Å². The Hall–Kier alpha value is -0.120. The summed E-state index contributed by atoms with van der Waals surface area (Å²) in [6.07, 6.45) is 4.85. The molecule has 15 heavy (non-hydrogen) atoms. The van der Waals surface area contributed by atoms with Crippen molar-refractivity contribution in [3.8, 4) is 0 Å². The Bertz CT molecular complexity index is 113. The molecule has 0 aromatic heterocycles. The Morgan fingerprint density at radius 2 is 1.07 bits per heavy atom. The third-order valence-corrected chi connectivity index (χ3v) is 2.29. The SMILES string of the molecule is CN(C)CCCCOCCCCN(C)C. The molecule has 0 aromatic rings. The highest BCUT2D eigenvalue weighted by molar-refractivity contribution is 4.46. The first-order chi connectivity index (χ1) is 7.13. The molecule has 0 saturated heterocycles. The molecule has 0 spiro atoms. The molecule has 0 rings (SSSR count). The summed E-state index contributed by atoms with van der Waals surface area (Å²) in [7, 11) is 8.45. The van der Waals surface area contributed by atoms with Gasteiger partial charge in [0.15, 0.2) is 0 Å². The Morgan fingerprint density at radius 1 is 0.667 bits per heavy atom. The summed E-state index contributed by atoms with van der Waals surface area (Å²) in [5.41, 5.74) is 0. The normalized spacial score (nSPS) is 11.6. The fourth-order valence-electron chi connectivity index (χ4n) is 1.37. The summed E-state index contributed by atoms with van der Waals surface area (Å²) in [6.45, 7) is 4.19. The van der Waals surface area contributed by atoms with E-state index in [0.717, 1.165) is 13.2 Å². The molecular weight excluding hydrogens is 188 g/mol. The summed E-state index contributed by atoms with van der Waals surface area (Å²) < 4.78 is 5.56. The summed E-state index contributed by atoms with van der Waals surface area (Å²) >= 11 is 0. The van der Waals surface area contributed by atoms with E-state index in [1.807, 2.05) is 0 Å². The summed E-state index contributed by atoms with van der Waals surface area (Å²) in [6, 6.07) is 0. The molecule has 0 aliphatic carbocycles. The van der Waals surface area contributed by atoms with Crippen molar-refractivity contribution < 1.29 is 4.74 Å². The molecular formula is C12H28N2O. The van der Waals surface area contributed by atoms with Gasteiger partial charge in [0.1, 0.15) is 0 Å². The quantitative estimate of drug-likeness (QED) is 0.517. The zero-order valence-corrected chi connectivity index (χ0v) is 11.0. The van der Waals surface area contributed by atoms with Gasteiger partial charge in [-0.2, -0.15) is 0 Å². The molecule has 0 atom stereocenters. The third-order valence-electron chi connectivity index (χ3n) is 2.29. The number of ether oxygens (including phenoxy) is 1. The average Bonchev–Trinajstić information content (AvgIpc) is 2.14. The smallest absolute Gasteiger partial charge is 0.0466 e. The fourth-order valence-corrected chi connectivity index (χ4v) is 1.37. The lowest BCUT2D eigenvalue weighted by atomic mass is 10.3. The first-order valence-corrected chi connectivity index (χ1v) is 6.00. The molecule has 92 valence electrons. The van der Waals surface area contributed by atoms with Crippen LogP contribution in [0.3, 0.4) is 0 Å². The van der Waals surface area contributed by atoms with Crippen LogP contribution >= 0.6 is 0 Å². The zero-order valence-electron chi connectivity index (χ0n) is 11.0. The van der Waals surface area contributed by atoms with Gasteiger partial charge in [0.2, 0.25) is 0 Å². The van der Waals surface area contributed by atoms with E-state index in [1.54, 1.807) is 0 Å². The van der Waals surface area contributed by atoms with Crippen molar-refractivity contribution >= 4 is 0 Å². The monoisotopic (exact) mass is 216 g/mol. The molecule has 0 amide bonds. The summed E-state index contributed by atoms with van der Waals surface area (Å²) in [5, 5.41) is 0. The van der Waals surface area contributed by atoms with Crippen LogP contribution in [0.1, 0.15) is 25.7 Å². The topological polar surface area (TPSA) is 15.7 Å². The maximum Gasteiger partial charge on any atom is 0.0466 e. The minimum Gasteiger partial charge on any atom is -0.381 e. The summed E-state index contributed by atoms with van der Waals surface area (Å²) in [5.74, 6) is 0. The van der Waals surface area contributed by atoms with Gasteiger partial charge >= 0.3 is 0 Å². The zero-order chi connectivity index (χ0) is 11.5. The van der Waals surface area contributed by atoms with Crippen LogP contribution in [0.2, 0.25) is 0 Å². The van der Waals surface area contributed by atoms with E-state index < -0.39 is 0 Å². The largest absolute Gasteiger partial charge is 0.381 e. The van der Waals surface area contributed by atoms with E-state index in [1.165, 1.54) is 38.8 Å². The van der Waals surface area contributed by atoms with E-state index in [4.69, 9.17) is 4.74 Å². The van der Waals surface area contributed by atoms with E-state index in [-0.39, 0.29) is 0 Å². The first kappa shape index (κ1) is 14.9. The maximum absolute atomic E-state index is 5.56. The Balaban J connectivity index is 2.93. The molecule has 3 heteroatoms. The standard InChI is InChI=1S/C12H28N2O/c1-13(2)9-5-7-11-15-12-8-6-10-14(3)4/h5-12H2,1-4H3. The second-order valence-electron chi connectivity index (χ2n) is 4.63. The Labute approximate surface area is 95.4 Å². The van der Waals surface area contributed by atoms with Gasteiger partial charge in [0.05, 0.1) is 0 Å². The van der Waals surface area contributed by atoms with Gasteiger partial charge in [0, 0.05) is 13.2 Å². The van der Waals surface area contributed by atoms with E-state index in [0.29, 0.717) is 0 Å². The Kier molecular flexibility index (Phi) is 10.3. The fraction of sp³-hybridized carbons (Fsp3) is 1.00. The molecule has 0 aliphatic rings. The van der Waals surface area contributed by atoms with Crippen molar-refractivity contribution in [2.45, 2.75) is 25.7 Å². The minimum atomic E-state index is 0.926. The van der Waals surface area contributed by atoms with Crippen LogP contribution < -0.4 is 0 Å². The van der Waals surface area contributed by atoms with Gasteiger partial charge in [-0.25, -0.2) is 0 Å². The predicted octanol–water partition coefficient (Wildman–Crippen LogP) is 1.69. The lowest BCUT2D eigenvalue weighted by Gasteiger charge is -2.10. The van der Waals surface area contributed by atoms with E-state index in [9.17, 15) is 0 Å². The summed E-state index contributed by atoms with van der Waals surface area (Å²) in [4.78, 5) is 4.44. The average molecular weight is 216 g/mol. The third kappa shape index (κ3) is 13.9. The second-order valence-corrected chi connectivity index (χ2v) is 4.63. The molecule has 0 aromatic carbocycles. The van der Waals surface area contributed by atoms with Crippen LogP contribution in [0.5, 0.6) is 0 Å². The Morgan fingerprint density at radius 3 is 1.40 bits per heavy atom. The number of rotatable bonds is 10. The van der Waals surface area contributed by atoms with Crippen molar-refractivity contribution in [2.75, 3.05) is 54.5 Å². The van der Waals surface area contributed by atoms with Gasteiger partial charge in [-0.3, -0.25) is 0 Å².